The normalized spacial score (nSPS) is 10.5. The summed E-state index contributed by atoms with van der Waals surface area (Å²) in [6.45, 7) is 1.95. The third-order valence-electron chi connectivity index (χ3n) is 4.18. The molecule has 0 aliphatic carbocycles. The number of carbonyl (C=O) groups is 2. The zero-order valence-corrected chi connectivity index (χ0v) is 16.5. The molecule has 0 saturated heterocycles. The quantitative estimate of drug-likeness (QED) is 0.494. The van der Waals surface area contributed by atoms with Gasteiger partial charge in [0.2, 0.25) is 5.91 Å². The van der Waals surface area contributed by atoms with Crippen molar-refractivity contribution in [2.24, 2.45) is 7.05 Å². The van der Waals surface area contributed by atoms with E-state index in [1.807, 2.05) is 54.9 Å². The van der Waals surface area contributed by atoms with Gasteiger partial charge in [-0.3, -0.25) is 20.4 Å². The molecule has 28 heavy (non-hydrogen) atoms. The molecular weight excluding hydrogens is 374 g/mol. The van der Waals surface area contributed by atoms with E-state index >= 15 is 0 Å². The second kappa shape index (κ2) is 9.18. The molecule has 144 valence electrons. The van der Waals surface area contributed by atoms with E-state index in [9.17, 15) is 9.59 Å². The molecule has 7 nitrogen and oxygen atoms in total. The van der Waals surface area contributed by atoms with Crippen LogP contribution in [0.3, 0.4) is 0 Å². The minimum absolute atomic E-state index is 0.213. The summed E-state index contributed by atoms with van der Waals surface area (Å²) < 4.78 is 1.85. The van der Waals surface area contributed by atoms with Gasteiger partial charge in [0.1, 0.15) is 6.33 Å². The maximum atomic E-state index is 12.2. The van der Waals surface area contributed by atoms with Crippen molar-refractivity contribution in [1.82, 2.24) is 25.6 Å². The highest BCUT2D eigenvalue weighted by atomic mass is 32.2. The van der Waals surface area contributed by atoms with Crippen molar-refractivity contribution in [2.45, 2.75) is 24.3 Å². The summed E-state index contributed by atoms with van der Waals surface area (Å²) in [7, 11) is 1.89. The fraction of sp³-hybridized carbons (Fsp3) is 0.200. The third kappa shape index (κ3) is 5.20. The molecule has 2 amide bonds. The Morgan fingerprint density at radius 2 is 1.82 bits per heavy atom. The molecule has 0 unspecified atom stereocenters. The van der Waals surface area contributed by atoms with Crippen LogP contribution in [-0.4, -0.2) is 26.6 Å². The van der Waals surface area contributed by atoms with Crippen LogP contribution in [0, 0.1) is 6.92 Å². The van der Waals surface area contributed by atoms with Gasteiger partial charge >= 0.3 is 0 Å². The van der Waals surface area contributed by atoms with Crippen LogP contribution in [0.25, 0.3) is 0 Å². The van der Waals surface area contributed by atoms with Gasteiger partial charge in [0.25, 0.3) is 5.91 Å². The van der Waals surface area contributed by atoms with E-state index in [2.05, 4.69) is 21.0 Å². The Bertz CT molecular complexity index is 969. The Morgan fingerprint density at radius 1 is 1.07 bits per heavy atom. The van der Waals surface area contributed by atoms with Crippen LogP contribution >= 0.6 is 11.8 Å². The van der Waals surface area contributed by atoms with E-state index in [1.54, 1.807) is 30.2 Å². The Labute approximate surface area is 167 Å². The maximum Gasteiger partial charge on any atom is 0.269 e. The van der Waals surface area contributed by atoms with Gasteiger partial charge < -0.3 is 4.57 Å². The molecule has 0 atom stereocenters. The highest BCUT2D eigenvalue weighted by molar-refractivity contribution is 7.98. The van der Waals surface area contributed by atoms with E-state index in [-0.39, 0.29) is 18.2 Å². The highest BCUT2D eigenvalue weighted by Gasteiger charge is 2.09. The second-order valence-corrected chi connectivity index (χ2v) is 7.26. The molecule has 0 saturated carbocycles. The van der Waals surface area contributed by atoms with Gasteiger partial charge in [-0.25, -0.2) is 0 Å². The summed E-state index contributed by atoms with van der Waals surface area (Å²) in [5.41, 5.74) is 8.42. The first-order valence-corrected chi connectivity index (χ1v) is 9.71. The first-order chi connectivity index (χ1) is 13.5. The highest BCUT2D eigenvalue weighted by Crippen LogP contribution is 2.20. The molecule has 0 aliphatic heterocycles. The van der Waals surface area contributed by atoms with Crippen molar-refractivity contribution in [1.29, 1.82) is 0 Å². The third-order valence-corrected chi connectivity index (χ3v) is 5.29. The number of aromatic nitrogens is 3. The van der Waals surface area contributed by atoms with E-state index < -0.39 is 0 Å². The van der Waals surface area contributed by atoms with Crippen LogP contribution in [0.15, 0.2) is 60.0 Å². The van der Waals surface area contributed by atoms with Gasteiger partial charge in [-0.15, -0.1) is 10.2 Å². The zero-order valence-electron chi connectivity index (χ0n) is 15.7. The fourth-order valence-corrected chi connectivity index (χ4v) is 3.37. The predicted octanol–water partition coefficient (Wildman–Crippen LogP) is 2.42. The number of aryl methyl sites for hydroxylation is 2. The number of benzene rings is 2. The molecule has 0 fully saturated rings. The lowest BCUT2D eigenvalue weighted by Gasteiger charge is -2.09. The molecular formula is C20H21N5O2S. The lowest BCUT2D eigenvalue weighted by atomic mass is 10.1. The summed E-state index contributed by atoms with van der Waals surface area (Å²) in [6.07, 6.45) is 1.87. The largest absolute Gasteiger partial charge is 0.312 e. The van der Waals surface area contributed by atoms with Gasteiger partial charge in [-0.2, -0.15) is 0 Å². The van der Waals surface area contributed by atoms with Crippen molar-refractivity contribution in [3.63, 3.8) is 0 Å². The molecule has 8 heteroatoms. The summed E-state index contributed by atoms with van der Waals surface area (Å²) in [4.78, 5) is 24.3. The molecule has 3 rings (SSSR count). The number of hydrogen-bond acceptors (Lipinski definition) is 5. The van der Waals surface area contributed by atoms with Crippen molar-refractivity contribution >= 4 is 23.6 Å². The van der Waals surface area contributed by atoms with Crippen LogP contribution in [-0.2, 0) is 24.0 Å². The molecule has 1 heterocycles. The van der Waals surface area contributed by atoms with Gasteiger partial charge in [0.15, 0.2) is 5.16 Å². The van der Waals surface area contributed by atoms with Crippen LogP contribution in [0.4, 0.5) is 0 Å². The number of amides is 2. The number of nitrogens with one attached hydrogen (secondary N) is 2. The predicted molar refractivity (Wildman–Crippen MR) is 107 cm³/mol. The molecule has 1 aromatic heterocycles. The first-order valence-electron chi connectivity index (χ1n) is 8.72. The molecule has 3 aromatic rings. The van der Waals surface area contributed by atoms with Crippen LogP contribution in [0.2, 0.25) is 0 Å². The lowest BCUT2D eigenvalue weighted by molar-refractivity contribution is -0.121. The van der Waals surface area contributed by atoms with E-state index in [0.717, 1.165) is 27.6 Å². The van der Waals surface area contributed by atoms with Gasteiger partial charge in [-0.05, 0) is 35.7 Å². The summed E-state index contributed by atoms with van der Waals surface area (Å²) in [5.74, 6) is 0.103. The van der Waals surface area contributed by atoms with Crippen LogP contribution in [0.1, 0.15) is 27.0 Å². The Balaban J connectivity index is 1.48. The molecule has 0 bridgehead atoms. The molecule has 2 aromatic carbocycles. The maximum absolute atomic E-state index is 12.2. The minimum Gasteiger partial charge on any atom is -0.312 e. The topological polar surface area (TPSA) is 88.9 Å². The Morgan fingerprint density at radius 3 is 2.50 bits per heavy atom. The average Bonchev–Trinajstić information content (AvgIpc) is 3.11. The van der Waals surface area contributed by atoms with Crippen molar-refractivity contribution in [3.05, 3.63) is 77.1 Å². The SMILES string of the molecule is Cc1ccccc1CC(=O)NNC(=O)c1ccc(CSc2nncn2C)cc1. The molecule has 2 N–H and O–H groups in total. The number of hydrogen-bond donors (Lipinski definition) is 2. The monoisotopic (exact) mass is 395 g/mol. The second-order valence-electron chi connectivity index (χ2n) is 6.32. The fourth-order valence-electron chi connectivity index (χ4n) is 2.53. The lowest BCUT2D eigenvalue weighted by Crippen LogP contribution is -2.42. The number of nitrogens with zero attached hydrogens (tertiary/aromatic N) is 3. The first kappa shape index (κ1) is 19.6. The van der Waals surface area contributed by atoms with Crippen molar-refractivity contribution in [3.8, 4) is 0 Å². The average molecular weight is 395 g/mol. The standard InChI is InChI=1S/C20H21N5O2S/c1-14-5-3-4-6-17(14)11-18(26)22-23-19(27)16-9-7-15(8-10-16)12-28-20-24-21-13-25(20)2/h3-10,13H,11-12H2,1-2H3,(H,22,26)(H,23,27). The Kier molecular flexibility index (Phi) is 6.44. The molecule has 0 spiro atoms. The van der Waals surface area contributed by atoms with E-state index in [1.165, 1.54) is 0 Å². The Hall–Kier alpha value is -3.13. The molecule has 0 radical (unpaired) electrons. The summed E-state index contributed by atoms with van der Waals surface area (Å²) in [5, 5.41) is 8.70. The smallest absolute Gasteiger partial charge is 0.269 e. The minimum atomic E-state index is -0.356. The van der Waals surface area contributed by atoms with Gasteiger partial charge in [0.05, 0.1) is 6.42 Å². The number of rotatable bonds is 6. The van der Waals surface area contributed by atoms with E-state index in [4.69, 9.17) is 0 Å². The number of hydrazine groups is 1. The zero-order chi connectivity index (χ0) is 19.9. The van der Waals surface area contributed by atoms with Gasteiger partial charge in [0, 0.05) is 18.4 Å². The summed E-state index contributed by atoms with van der Waals surface area (Å²) in [6, 6.07) is 14.9. The number of carbonyl (C=O) groups excluding carboxylic acids is 2. The van der Waals surface area contributed by atoms with Crippen LogP contribution in [0.5, 0.6) is 0 Å². The van der Waals surface area contributed by atoms with Gasteiger partial charge in [-0.1, -0.05) is 48.2 Å². The van der Waals surface area contributed by atoms with Crippen molar-refractivity contribution in [2.75, 3.05) is 0 Å². The van der Waals surface area contributed by atoms with E-state index in [0.29, 0.717) is 5.56 Å². The molecule has 0 aliphatic rings. The number of thioether (sulfide) groups is 1. The summed E-state index contributed by atoms with van der Waals surface area (Å²) >= 11 is 1.57. The van der Waals surface area contributed by atoms with Crippen molar-refractivity contribution < 1.29 is 9.59 Å². The van der Waals surface area contributed by atoms with Crippen LogP contribution < -0.4 is 10.9 Å².